The molecule has 0 saturated heterocycles. The van der Waals surface area contributed by atoms with E-state index in [1.54, 1.807) is 17.1 Å². The minimum absolute atomic E-state index is 0. The summed E-state index contributed by atoms with van der Waals surface area (Å²) in [4.78, 5) is 8.87. The second-order valence-corrected chi connectivity index (χ2v) is 4.95. The van der Waals surface area contributed by atoms with Crippen molar-refractivity contribution in [2.24, 2.45) is 0 Å². The van der Waals surface area contributed by atoms with Gasteiger partial charge < -0.3 is 5.73 Å². The maximum absolute atomic E-state index is 6.34. The van der Waals surface area contributed by atoms with Crippen molar-refractivity contribution in [3.05, 3.63) is 54.5 Å². The van der Waals surface area contributed by atoms with E-state index >= 15 is 0 Å². The Kier molecular flexibility index (Phi) is 4.73. The van der Waals surface area contributed by atoms with Crippen LogP contribution in [0, 0.1) is 6.92 Å². The third kappa shape index (κ3) is 2.58. The molecule has 5 nitrogen and oxygen atoms in total. The van der Waals surface area contributed by atoms with Crippen LogP contribution in [0.1, 0.15) is 5.69 Å². The van der Waals surface area contributed by atoms with Crippen LogP contribution >= 0.6 is 24.8 Å². The summed E-state index contributed by atoms with van der Waals surface area (Å²) in [6.07, 6.45) is 3.50. The van der Waals surface area contributed by atoms with Crippen molar-refractivity contribution in [1.29, 1.82) is 0 Å². The lowest BCUT2D eigenvalue weighted by atomic mass is 10.1. The van der Waals surface area contributed by atoms with Gasteiger partial charge in [0.05, 0.1) is 34.2 Å². The summed E-state index contributed by atoms with van der Waals surface area (Å²) < 4.78 is 1.79. The van der Waals surface area contributed by atoms with Gasteiger partial charge in [-0.1, -0.05) is 18.2 Å². The number of hydrogen-bond acceptors (Lipinski definition) is 4. The highest BCUT2D eigenvalue weighted by atomic mass is 35.5. The van der Waals surface area contributed by atoms with Crippen molar-refractivity contribution < 1.29 is 0 Å². The highest BCUT2D eigenvalue weighted by Crippen LogP contribution is 2.31. The Morgan fingerprint density at radius 2 is 1.83 bits per heavy atom. The summed E-state index contributed by atoms with van der Waals surface area (Å²) in [5, 5.41) is 6.44. The molecule has 118 valence electrons. The lowest BCUT2D eigenvalue weighted by molar-refractivity contribution is 0.873. The molecule has 3 heterocycles. The Labute approximate surface area is 145 Å². The third-order valence-electron chi connectivity index (χ3n) is 3.62. The van der Waals surface area contributed by atoms with Crippen LogP contribution in [0.2, 0.25) is 0 Å². The Balaban J connectivity index is 0.000000960. The van der Waals surface area contributed by atoms with Crippen molar-refractivity contribution in [1.82, 2.24) is 19.7 Å². The molecule has 4 aromatic rings. The maximum atomic E-state index is 6.34. The average Bonchev–Trinajstić information content (AvgIpc) is 2.86. The molecule has 7 heteroatoms. The number of nitrogens with two attached hydrogens (primary N) is 1. The number of aryl methyl sites for hydroxylation is 1. The molecule has 0 atom stereocenters. The number of aromatic nitrogens is 4. The van der Waals surface area contributed by atoms with Gasteiger partial charge in [-0.3, -0.25) is 4.98 Å². The Hall–Kier alpha value is -2.37. The number of pyridine rings is 2. The van der Waals surface area contributed by atoms with Crippen LogP contribution in [0.5, 0.6) is 0 Å². The van der Waals surface area contributed by atoms with Gasteiger partial charge in [0, 0.05) is 11.6 Å². The van der Waals surface area contributed by atoms with E-state index < -0.39 is 0 Å². The highest BCUT2D eigenvalue weighted by molar-refractivity contribution is 6.06. The summed E-state index contributed by atoms with van der Waals surface area (Å²) >= 11 is 0. The number of nitrogens with zero attached hydrogens (tertiary/aromatic N) is 4. The first-order chi connectivity index (χ1) is 10.3. The predicted molar refractivity (Wildman–Crippen MR) is 97.8 cm³/mol. The lowest BCUT2D eigenvalue weighted by Gasteiger charge is -2.05. The van der Waals surface area contributed by atoms with Gasteiger partial charge in [0.25, 0.3) is 0 Å². The number of halogens is 2. The molecule has 0 spiro atoms. The van der Waals surface area contributed by atoms with Gasteiger partial charge in [0.2, 0.25) is 0 Å². The zero-order chi connectivity index (χ0) is 14.4. The minimum atomic E-state index is 0. The molecule has 0 bridgehead atoms. The lowest BCUT2D eigenvalue weighted by Crippen LogP contribution is -1.99. The molecule has 4 rings (SSSR count). The number of para-hydroxylation sites is 1. The Morgan fingerprint density at radius 1 is 1.04 bits per heavy atom. The molecule has 0 aliphatic carbocycles. The number of fused-ring (bicyclic) bond motifs is 2. The highest BCUT2D eigenvalue weighted by Gasteiger charge is 2.15. The molecule has 0 amide bonds. The number of hydrogen-bond donors (Lipinski definition) is 1. The molecule has 2 N–H and O–H groups in total. The van der Waals surface area contributed by atoms with Crippen molar-refractivity contribution in [2.45, 2.75) is 6.92 Å². The fraction of sp³-hybridized carbons (Fsp3) is 0.0625. The zero-order valence-corrected chi connectivity index (χ0v) is 13.9. The minimum Gasteiger partial charge on any atom is -0.398 e. The Morgan fingerprint density at radius 3 is 2.57 bits per heavy atom. The van der Waals surface area contributed by atoms with Crippen molar-refractivity contribution in [3.63, 3.8) is 0 Å². The van der Waals surface area contributed by atoms with E-state index in [2.05, 4.69) is 10.1 Å². The van der Waals surface area contributed by atoms with Crippen molar-refractivity contribution >= 4 is 52.4 Å². The largest absolute Gasteiger partial charge is 0.398 e. The van der Waals surface area contributed by atoms with Crippen LogP contribution in [0.25, 0.3) is 27.6 Å². The quantitative estimate of drug-likeness (QED) is 0.569. The van der Waals surface area contributed by atoms with Gasteiger partial charge >= 0.3 is 0 Å². The first-order valence-corrected chi connectivity index (χ1v) is 6.69. The van der Waals surface area contributed by atoms with E-state index in [-0.39, 0.29) is 24.8 Å². The van der Waals surface area contributed by atoms with Gasteiger partial charge in [0.15, 0.2) is 5.65 Å². The first-order valence-electron chi connectivity index (χ1n) is 6.69. The molecule has 0 aliphatic rings. The van der Waals surface area contributed by atoms with Gasteiger partial charge in [0.1, 0.15) is 0 Å². The fourth-order valence-electron chi connectivity index (χ4n) is 2.64. The summed E-state index contributed by atoms with van der Waals surface area (Å²) in [5.74, 6) is 0. The normalized spacial score (nSPS) is 10.3. The van der Waals surface area contributed by atoms with Crippen LogP contribution in [0.4, 0.5) is 5.69 Å². The Bertz CT molecular complexity index is 966. The second-order valence-electron chi connectivity index (χ2n) is 4.95. The van der Waals surface area contributed by atoms with E-state index in [0.717, 1.165) is 39.0 Å². The third-order valence-corrected chi connectivity index (χ3v) is 3.62. The molecule has 23 heavy (non-hydrogen) atoms. The number of rotatable bonds is 1. The zero-order valence-electron chi connectivity index (χ0n) is 12.3. The summed E-state index contributed by atoms with van der Waals surface area (Å²) in [6.45, 7) is 1.95. The summed E-state index contributed by atoms with van der Waals surface area (Å²) in [5.41, 5.74) is 10.4. The predicted octanol–water partition coefficient (Wildman–Crippen LogP) is 3.70. The summed E-state index contributed by atoms with van der Waals surface area (Å²) in [7, 11) is 0. The van der Waals surface area contributed by atoms with Gasteiger partial charge in [-0.2, -0.15) is 5.10 Å². The van der Waals surface area contributed by atoms with Gasteiger partial charge in [-0.05, 0) is 25.1 Å². The van der Waals surface area contributed by atoms with Crippen molar-refractivity contribution in [2.75, 3.05) is 5.73 Å². The number of nitrogen functional groups attached to an aromatic ring is 1. The van der Waals surface area contributed by atoms with Crippen LogP contribution in [0.3, 0.4) is 0 Å². The molecular formula is C16H15Cl2N5. The van der Waals surface area contributed by atoms with Gasteiger partial charge in [-0.15, -0.1) is 24.8 Å². The monoisotopic (exact) mass is 347 g/mol. The molecule has 1 aromatic carbocycles. The molecular weight excluding hydrogens is 333 g/mol. The number of anilines is 1. The molecule has 0 saturated carbocycles. The van der Waals surface area contributed by atoms with Crippen LogP contribution < -0.4 is 5.73 Å². The van der Waals surface area contributed by atoms with E-state index in [1.165, 1.54) is 0 Å². The van der Waals surface area contributed by atoms with Gasteiger partial charge in [-0.25, -0.2) is 9.67 Å². The first kappa shape index (κ1) is 17.0. The molecule has 3 aromatic heterocycles. The molecule has 0 fully saturated rings. The van der Waals surface area contributed by atoms with Crippen LogP contribution in [-0.4, -0.2) is 19.7 Å². The smallest absolute Gasteiger partial charge is 0.165 e. The van der Waals surface area contributed by atoms with E-state index in [1.807, 2.05) is 43.3 Å². The van der Waals surface area contributed by atoms with Crippen LogP contribution in [0.15, 0.2) is 48.8 Å². The molecule has 0 radical (unpaired) electrons. The van der Waals surface area contributed by atoms with E-state index in [4.69, 9.17) is 10.7 Å². The summed E-state index contributed by atoms with van der Waals surface area (Å²) in [6, 6.07) is 11.7. The van der Waals surface area contributed by atoms with E-state index in [9.17, 15) is 0 Å². The van der Waals surface area contributed by atoms with Crippen LogP contribution in [-0.2, 0) is 0 Å². The van der Waals surface area contributed by atoms with E-state index in [0.29, 0.717) is 0 Å². The SMILES string of the molecule is Cc1nn(-c2cccnc2)c2nc3ccccc3c(N)c12.Cl.Cl. The number of benzene rings is 1. The molecule has 0 aliphatic heterocycles. The fourth-order valence-corrected chi connectivity index (χ4v) is 2.64. The van der Waals surface area contributed by atoms with Crippen molar-refractivity contribution in [3.8, 4) is 5.69 Å². The molecule has 0 unspecified atom stereocenters. The standard InChI is InChI=1S/C16H13N5.2ClH/c1-10-14-15(17)12-6-2-3-7-13(12)19-16(14)21(20-10)11-5-4-8-18-9-11;;/h2-9H,1H3,(H2,17,19);2*1H. The second kappa shape index (κ2) is 6.40. The average molecular weight is 348 g/mol. The topological polar surface area (TPSA) is 69.6 Å². The maximum Gasteiger partial charge on any atom is 0.165 e.